The number of amides is 1. The first-order chi connectivity index (χ1) is 7.61. The highest BCUT2D eigenvalue weighted by Gasteiger charge is 2.02. The van der Waals surface area contributed by atoms with Crippen molar-refractivity contribution in [2.45, 2.75) is 12.8 Å². The number of carboxylic acid groups (broad SMARTS) is 1. The van der Waals surface area contributed by atoms with Crippen LogP contribution in [-0.2, 0) is 9.59 Å². The fraction of sp³-hybridized carbons (Fsp3) is 0.182. The molecule has 0 aliphatic heterocycles. The van der Waals surface area contributed by atoms with Gasteiger partial charge in [-0.15, -0.1) is 0 Å². The number of aliphatic carboxylic acids is 1. The van der Waals surface area contributed by atoms with Gasteiger partial charge < -0.3 is 15.2 Å². The van der Waals surface area contributed by atoms with E-state index in [9.17, 15) is 14.7 Å². The normalized spacial score (nSPS) is 9.19. The number of nitrogens with zero attached hydrogens (tertiary/aromatic N) is 1. The minimum atomic E-state index is -1.26. The zero-order valence-electron chi connectivity index (χ0n) is 8.40. The van der Waals surface area contributed by atoms with Gasteiger partial charge >= 0.3 is 0 Å². The molecule has 1 amide bonds. The molecule has 0 bridgehead atoms. The molecule has 0 spiro atoms. The van der Waals surface area contributed by atoms with E-state index in [4.69, 9.17) is 5.26 Å². The summed E-state index contributed by atoms with van der Waals surface area (Å²) < 4.78 is 0. The van der Waals surface area contributed by atoms with Gasteiger partial charge in [0.25, 0.3) is 0 Å². The molecule has 1 N–H and O–H groups in total. The smallest absolute Gasteiger partial charge is 0.224 e. The predicted molar refractivity (Wildman–Crippen MR) is 54.0 cm³/mol. The lowest BCUT2D eigenvalue weighted by Gasteiger charge is -2.05. The maximum absolute atomic E-state index is 11.2. The van der Waals surface area contributed by atoms with Crippen molar-refractivity contribution in [2.24, 2.45) is 0 Å². The third-order valence-electron chi connectivity index (χ3n) is 1.83. The van der Waals surface area contributed by atoms with E-state index < -0.39 is 11.9 Å². The largest absolute Gasteiger partial charge is 0.550 e. The van der Waals surface area contributed by atoms with Gasteiger partial charge in [0.1, 0.15) is 0 Å². The van der Waals surface area contributed by atoms with E-state index in [2.05, 4.69) is 5.32 Å². The minimum Gasteiger partial charge on any atom is -0.550 e. The van der Waals surface area contributed by atoms with Crippen LogP contribution in [0.5, 0.6) is 0 Å². The first kappa shape index (κ1) is 11.7. The molecular weight excluding hydrogens is 208 g/mol. The van der Waals surface area contributed by atoms with Gasteiger partial charge in [0.15, 0.2) is 0 Å². The van der Waals surface area contributed by atoms with E-state index >= 15 is 0 Å². The molecule has 0 atom stereocenters. The second-order valence-electron chi connectivity index (χ2n) is 3.11. The lowest BCUT2D eigenvalue weighted by atomic mass is 10.2. The Balaban J connectivity index is 2.56. The summed E-state index contributed by atoms with van der Waals surface area (Å²) in [6.45, 7) is 0. The van der Waals surface area contributed by atoms with E-state index in [0.717, 1.165) is 0 Å². The fourth-order valence-electron chi connectivity index (χ4n) is 1.11. The van der Waals surface area contributed by atoms with Crippen LogP contribution in [-0.4, -0.2) is 11.9 Å². The van der Waals surface area contributed by atoms with Crippen LogP contribution in [0.1, 0.15) is 18.4 Å². The van der Waals surface area contributed by atoms with Gasteiger partial charge in [-0.3, -0.25) is 4.79 Å². The van der Waals surface area contributed by atoms with Crippen LogP contribution in [0.2, 0.25) is 0 Å². The van der Waals surface area contributed by atoms with Crippen molar-refractivity contribution in [3.63, 3.8) is 0 Å². The van der Waals surface area contributed by atoms with Crippen LogP contribution in [0, 0.1) is 11.3 Å². The number of hydrogen-bond acceptors (Lipinski definition) is 4. The highest BCUT2D eigenvalue weighted by atomic mass is 16.4. The molecule has 0 saturated carbocycles. The van der Waals surface area contributed by atoms with Crippen molar-refractivity contribution in [3.05, 3.63) is 29.8 Å². The van der Waals surface area contributed by atoms with E-state index in [0.29, 0.717) is 11.3 Å². The van der Waals surface area contributed by atoms with Crippen LogP contribution < -0.4 is 10.4 Å². The van der Waals surface area contributed by atoms with Crippen molar-refractivity contribution in [1.82, 2.24) is 0 Å². The number of carbonyl (C=O) groups is 2. The molecular formula is C11H9N2O3-. The summed E-state index contributed by atoms with van der Waals surface area (Å²) in [5.41, 5.74) is 0.903. The molecule has 0 aliphatic rings. The number of carbonyl (C=O) groups excluding carboxylic acids is 2. The second kappa shape index (κ2) is 5.51. The SMILES string of the molecule is N#Cc1cccc(NC(=O)CCC(=O)[O-])c1. The summed E-state index contributed by atoms with van der Waals surface area (Å²) in [7, 11) is 0. The predicted octanol–water partition coefficient (Wildman–Crippen LogP) is 0.0269. The van der Waals surface area contributed by atoms with Gasteiger partial charge in [-0.05, 0) is 24.6 Å². The summed E-state index contributed by atoms with van der Waals surface area (Å²) in [6.07, 6.45) is -0.455. The third kappa shape index (κ3) is 3.80. The number of hydrogen-bond donors (Lipinski definition) is 1. The molecule has 0 unspecified atom stereocenters. The summed E-state index contributed by atoms with van der Waals surface area (Å²) in [5, 5.41) is 21.2. The van der Waals surface area contributed by atoms with Crippen LogP contribution >= 0.6 is 0 Å². The van der Waals surface area contributed by atoms with Gasteiger partial charge in [0, 0.05) is 18.1 Å². The molecule has 5 nitrogen and oxygen atoms in total. The van der Waals surface area contributed by atoms with E-state index in [1.54, 1.807) is 18.2 Å². The summed E-state index contributed by atoms with van der Waals surface area (Å²) >= 11 is 0. The summed E-state index contributed by atoms with van der Waals surface area (Å²) in [4.78, 5) is 21.4. The molecule has 0 aromatic heterocycles. The zero-order chi connectivity index (χ0) is 12.0. The molecule has 0 radical (unpaired) electrons. The maximum atomic E-state index is 11.2. The third-order valence-corrected chi connectivity index (χ3v) is 1.83. The Bertz CT molecular complexity index is 449. The van der Waals surface area contributed by atoms with Crippen LogP contribution in [0.3, 0.4) is 0 Å². The molecule has 0 saturated heterocycles. The number of nitrogens with one attached hydrogen (secondary N) is 1. The van der Waals surface area contributed by atoms with Crippen LogP contribution in [0.15, 0.2) is 24.3 Å². The number of benzene rings is 1. The molecule has 82 valence electrons. The first-order valence-corrected chi connectivity index (χ1v) is 4.61. The fourth-order valence-corrected chi connectivity index (χ4v) is 1.11. The number of nitriles is 1. The number of rotatable bonds is 4. The molecule has 1 aromatic rings. The standard InChI is InChI=1S/C11H10N2O3/c12-7-8-2-1-3-9(6-8)13-10(14)4-5-11(15)16/h1-3,6H,4-5H2,(H,13,14)(H,15,16)/p-1. The van der Waals surface area contributed by atoms with E-state index in [-0.39, 0.29) is 12.8 Å². The van der Waals surface area contributed by atoms with Crippen molar-refractivity contribution in [3.8, 4) is 6.07 Å². The molecule has 0 aliphatic carbocycles. The van der Waals surface area contributed by atoms with E-state index in [1.807, 2.05) is 6.07 Å². The maximum Gasteiger partial charge on any atom is 0.224 e. The molecule has 16 heavy (non-hydrogen) atoms. The summed E-state index contributed by atoms with van der Waals surface area (Å²) in [5.74, 6) is -1.68. The second-order valence-corrected chi connectivity index (χ2v) is 3.11. The Morgan fingerprint density at radius 1 is 1.38 bits per heavy atom. The monoisotopic (exact) mass is 217 g/mol. The number of carboxylic acids is 1. The Morgan fingerprint density at radius 2 is 2.12 bits per heavy atom. The van der Waals surface area contributed by atoms with Gasteiger partial charge in [0.2, 0.25) is 5.91 Å². The lowest BCUT2D eigenvalue weighted by Crippen LogP contribution is -2.24. The lowest BCUT2D eigenvalue weighted by molar-refractivity contribution is -0.305. The topological polar surface area (TPSA) is 93.0 Å². The van der Waals surface area contributed by atoms with Crippen LogP contribution in [0.4, 0.5) is 5.69 Å². The molecule has 0 fully saturated rings. The van der Waals surface area contributed by atoms with Gasteiger partial charge in [-0.25, -0.2) is 0 Å². The molecule has 0 heterocycles. The van der Waals surface area contributed by atoms with Gasteiger partial charge in [-0.1, -0.05) is 6.07 Å². The van der Waals surface area contributed by atoms with Gasteiger partial charge in [-0.2, -0.15) is 5.26 Å². The molecule has 1 rings (SSSR count). The average molecular weight is 217 g/mol. The Morgan fingerprint density at radius 3 is 2.75 bits per heavy atom. The average Bonchev–Trinajstić information content (AvgIpc) is 2.26. The Hall–Kier alpha value is -2.35. The first-order valence-electron chi connectivity index (χ1n) is 4.61. The van der Waals surface area contributed by atoms with Gasteiger partial charge in [0.05, 0.1) is 11.6 Å². The van der Waals surface area contributed by atoms with E-state index in [1.165, 1.54) is 6.07 Å². The molecule has 5 heteroatoms. The van der Waals surface area contributed by atoms with Crippen molar-refractivity contribution in [1.29, 1.82) is 5.26 Å². The quantitative estimate of drug-likeness (QED) is 0.769. The molecule has 1 aromatic carbocycles. The van der Waals surface area contributed by atoms with Crippen LogP contribution in [0.25, 0.3) is 0 Å². The highest BCUT2D eigenvalue weighted by Crippen LogP contribution is 2.10. The zero-order valence-corrected chi connectivity index (χ0v) is 8.40. The summed E-state index contributed by atoms with van der Waals surface area (Å²) in [6, 6.07) is 8.31. The Kier molecular flexibility index (Phi) is 4.04. The van der Waals surface area contributed by atoms with Crippen molar-refractivity contribution < 1.29 is 14.7 Å². The highest BCUT2D eigenvalue weighted by molar-refractivity contribution is 5.92. The van der Waals surface area contributed by atoms with Crippen molar-refractivity contribution in [2.75, 3.05) is 5.32 Å². The number of anilines is 1. The Labute approximate surface area is 92.3 Å². The van der Waals surface area contributed by atoms with Crippen molar-refractivity contribution >= 4 is 17.6 Å². The minimum absolute atomic E-state index is 0.140.